The van der Waals surface area contributed by atoms with Gasteiger partial charge in [0.05, 0.1) is 6.10 Å². The molecule has 1 aliphatic rings. The second-order valence-corrected chi connectivity index (χ2v) is 5.99. The Morgan fingerprint density at radius 3 is 2.94 bits per heavy atom. The van der Waals surface area contributed by atoms with E-state index >= 15 is 0 Å². The second-order valence-electron chi connectivity index (χ2n) is 4.22. The lowest BCUT2D eigenvalue weighted by Gasteiger charge is -2.09. The Kier molecular flexibility index (Phi) is 4.77. The molecule has 4 heteroatoms. The van der Waals surface area contributed by atoms with Crippen LogP contribution in [0.4, 0.5) is 0 Å². The third kappa shape index (κ3) is 3.63. The highest BCUT2D eigenvalue weighted by Crippen LogP contribution is 2.24. The SMILES string of the molecule is O=C(CCC1CCCO1)c1cc(Br)ccc1Br. The van der Waals surface area contributed by atoms with E-state index in [2.05, 4.69) is 31.9 Å². The van der Waals surface area contributed by atoms with Gasteiger partial charge in [0, 0.05) is 27.5 Å². The summed E-state index contributed by atoms with van der Waals surface area (Å²) in [5.74, 6) is 0.175. The minimum atomic E-state index is 0.175. The number of rotatable bonds is 4. The van der Waals surface area contributed by atoms with E-state index in [4.69, 9.17) is 4.74 Å². The van der Waals surface area contributed by atoms with Gasteiger partial charge in [-0.15, -0.1) is 0 Å². The Morgan fingerprint density at radius 2 is 2.24 bits per heavy atom. The van der Waals surface area contributed by atoms with Crippen molar-refractivity contribution in [3.63, 3.8) is 0 Å². The summed E-state index contributed by atoms with van der Waals surface area (Å²) < 4.78 is 7.31. The lowest BCUT2D eigenvalue weighted by molar-refractivity contribution is 0.0859. The van der Waals surface area contributed by atoms with Crippen molar-refractivity contribution in [2.75, 3.05) is 6.61 Å². The van der Waals surface area contributed by atoms with E-state index in [1.54, 1.807) is 0 Å². The van der Waals surface area contributed by atoms with Gasteiger partial charge < -0.3 is 4.74 Å². The maximum Gasteiger partial charge on any atom is 0.164 e. The van der Waals surface area contributed by atoms with Gasteiger partial charge in [-0.1, -0.05) is 31.9 Å². The van der Waals surface area contributed by atoms with Crippen LogP contribution in [0.2, 0.25) is 0 Å². The summed E-state index contributed by atoms with van der Waals surface area (Å²) >= 11 is 6.80. The molecule has 0 aromatic heterocycles. The molecule has 0 bridgehead atoms. The number of carbonyl (C=O) groups is 1. The maximum absolute atomic E-state index is 12.1. The van der Waals surface area contributed by atoms with Crippen LogP contribution >= 0.6 is 31.9 Å². The van der Waals surface area contributed by atoms with Crippen LogP contribution in [-0.2, 0) is 4.74 Å². The molecule has 2 rings (SSSR count). The molecule has 0 amide bonds. The van der Waals surface area contributed by atoms with Crippen LogP contribution in [0.5, 0.6) is 0 Å². The molecule has 1 fully saturated rings. The van der Waals surface area contributed by atoms with Gasteiger partial charge >= 0.3 is 0 Å². The molecule has 0 aliphatic carbocycles. The molecular weight excluding hydrogens is 348 g/mol. The molecule has 1 aliphatic heterocycles. The molecule has 0 spiro atoms. The molecular formula is C13H14Br2O2. The first-order valence-corrected chi connectivity index (χ1v) is 7.35. The zero-order valence-corrected chi connectivity index (χ0v) is 12.6. The summed E-state index contributed by atoms with van der Waals surface area (Å²) in [7, 11) is 0. The second kappa shape index (κ2) is 6.12. The molecule has 0 radical (unpaired) electrons. The topological polar surface area (TPSA) is 26.3 Å². The van der Waals surface area contributed by atoms with E-state index in [1.165, 1.54) is 0 Å². The number of hydrogen-bond acceptors (Lipinski definition) is 2. The van der Waals surface area contributed by atoms with Gasteiger partial charge in [0.15, 0.2) is 5.78 Å². The Labute approximate surface area is 118 Å². The molecule has 1 atom stereocenters. The summed E-state index contributed by atoms with van der Waals surface area (Å²) in [4.78, 5) is 12.1. The third-order valence-corrected chi connectivity index (χ3v) is 4.13. The average molecular weight is 362 g/mol. The fourth-order valence-corrected chi connectivity index (χ4v) is 2.84. The van der Waals surface area contributed by atoms with Crippen molar-refractivity contribution in [3.05, 3.63) is 32.7 Å². The van der Waals surface area contributed by atoms with Crippen LogP contribution in [0, 0.1) is 0 Å². The van der Waals surface area contributed by atoms with Gasteiger partial charge in [0.25, 0.3) is 0 Å². The first kappa shape index (κ1) is 13.2. The minimum absolute atomic E-state index is 0.175. The van der Waals surface area contributed by atoms with Crippen molar-refractivity contribution >= 4 is 37.6 Å². The highest BCUT2D eigenvalue weighted by Gasteiger charge is 2.18. The molecule has 92 valence electrons. The standard InChI is InChI=1S/C13H14Br2O2/c14-9-3-5-12(15)11(8-9)13(16)6-4-10-2-1-7-17-10/h3,5,8,10H,1-2,4,6-7H2. The van der Waals surface area contributed by atoms with Crippen LogP contribution in [0.3, 0.4) is 0 Å². The number of hydrogen-bond donors (Lipinski definition) is 0. The van der Waals surface area contributed by atoms with Crippen LogP contribution in [0.15, 0.2) is 27.1 Å². The highest BCUT2D eigenvalue weighted by atomic mass is 79.9. The van der Waals surface area contributed by atoms with Gasteiger partial charge in [-0.25, -0.2) is 0 Å². The molecule has 17 heavy (non-hydrogen) atoms. The van der Waals surface area contributed by atoms with Crippen LogP contribution < -0.4 is 0 Å². The lowest BCUT2D eigenvalue weighted by Crippen LogP contribution is -2.09. The van der Waals surface area contributed by atoms with Crippen molar-refractivity contribution in [1.82, 2.24) is 0 Å². The van der Waals surface area contributed by atoms with Crippen LogP contribution in [0.25, 0.3) is 0 Å². The summed E-state index contributed by atoms with van der Waals surface area (Å²) in [5.41, 5.74) is 0.748. The monoisotopic (exact) mass is 360 g/mol. The molecule has 1 unspecified atom stereocenters. The normalized spacial score (nSPS) is 19.5. The average Bonchev–Trinajstić information content (AvgIpc) is 2.82. The van der Waals surface area contributed by atoms with E-state index in [9.17, 15) is 4.79 Å². The number of Topliss-reactive ketones (excluding diaryl/α,β-unsaturated/α-hetero) is 1. The number of ketones is 1. The molecule has 1 aromatic rings. The van der Waals surface area contributed by atoms with E-state index in [-0.39, 0.29) is 11.9 Å². The zero-order chi connectivity index (χ0) is 12.3. The van der Waals surface area contributed by atoms with Crippen molar-refractivity contribution in [1.29, 1.82) is 0 Å². The van der Waals surface area contributed by atoms with Crippen molar-refractivity contribution in [3.8, 4) is 0 Å². The Balaban J connectivity index is 1.96. The quantitative estimate of drug-likeness (QED) is 0.745. The Morgan fingerprint density at radius 1 is 1.41 bits per heavy atom. The van der Waals surface area contributed by atoms with Gasteiger partial charge in [-0.05, 0) is 37.5 Å². The predicted molar refractivity (Wildman–Crippen MR) is 74.4 cm³/mol. The molecule has 1 heterocycles. The number of carbonyl (C=O) groups excluding carboxylic acids is 1. The van der Waals surface area contributed by atoms with Crippen LogP contribution in [-0.4, -0.2) is 18.5 Å². The smallest absolute Gasteiger partial charge is 0.164 e. The van der Waals surface area contributed by atoms with Gasteiger partial charge in [0.1, 0.15) is 0 Å². The fraction of sp³-hybridized carbons (Fsp3) is 0.462. The van der Waals surface area contributed by atoms with Crippen molar-refractivity contribution in [2.45, 2.75) is 31.8 Å². The van der Waals surface area contributed by atoms with Gasteiger partial charge in [-0.2, -0.15) is 0 Å². The zero-order valence-electron chi connectivity index (χ0n) is 9.42. The number of benzene rings is 1. The fourth-order valence-electron chi connectivity index (χ4n) is 2.01. The molecule has 1 saturated heterocycles. The number of ether oxygens (including phenoxy) is 1. The van der Waals surface area contributed by atoms with E-state index in [0.29, 0.717) is 6.42 Å². The Hall–Kier alpha value is -0.190. The predicted octanol–water partition coefficient (Wildman–Crippen LogP) is 4.35. The maximum atomic E-state index is 12.1. The lowest BCUT2D eigenvalue weighted by atomic mass is 10.0. The van der Waals surface area contributed by atoms with Crippen molar-refractivity contribution in [2.24, 2.45) is 0 Å². The molecule has 2 nitrogen and oxygen atoms in total. The Bertz CT molecular complexity index is 412. The molecule has 0 N–H and O–H groups in total. The first-order valence-electron chi connectivity index (χ1n) is 5.76. The summed E-state index contributed by atoms with van der Waals surface area (Å²) in [5, 5.41) is 0. The summed E-state index contributed by atoms with van der Waals surface area (Å²) in [6.45, 7) is 0.847. The highest BCUT2D eigenvalue weighted by molar-refractivity contribution is 9.11. The number of halogens is 2. The molecule has 1 aromatic carbocycles. The first-order chi connectivity index (χ1) is 8.16. The summed E-state index contributed by atoms with van der Waals surface area (Å²) in [6, 6.07) is 5.67. The van der Waals surface area contributed by atoms with E-state index in [0.717, 1.165) is 40.4 Å². The van der Waals surface area contributed by atoms with Gasteiger partial charge in [-0.3, -0.25) is 4.79 Å². The largest absolute Gasteiger partial charge is 0.378 e. The van der Waals surface area contributed by atoms with Gasteiger partial charge in [0.2, 0.25) is 0 Å². The van der Waals surface area contributed by atoms with Crippen molar-refractivity contribution < 1.29 is 9.53 Å². The summed E-state index contributed by atoms with van der Waals surface area (Å²) in [6.07, 6.45) is 3.88. The van der Waals surface area contributed by atoms with E-state index < -0.39 is 0 Å². The van der Waals surface area contributed by atoms with E-state index in [1.807, 2.05) is 18.2 Å². The van der Waals surface area contributed by atoms with Crippen LogP contribution in [0.1, 0.15) is 36.0 Å². The molecule has 0 saturated carbocycles. The third-order valence-electron chi connectivity index (χ3n) is 2.95. The minimum Gasteiger partial charge on any atom is -0.378 e.